The summed E-state index contributed by atoms with van der Waals surface area (Å²) in [4.78, 5) is 37.3. The van der Waals surface area contributed by atoms with Gasteiger partial charge in [0, 0.05) is 34.4 Å². The number of hydrogen-bond acceptors (Lipinski definition) is 8. The van der Waals surface area contributed by atoms with Gasteiger partial charge in [0.25, 0.3) is 0 Å². The molecule has 7 nitrogen and oxygen atoms in total. The second-order valence-corrected chi connectivity index (χ2v) is 7.15. The van der Waals surface area contributed by atoms with Gasteiger partial charge in [-0.05, 0) is 13.2 Å². The molecule has 0 amide bonds. The van der Waals surface area contributed by atoms with Crippen LogP contribution in [-0.4, -0.2) is 73.9 Å². The molecule has 1 aromatic heterocycles. The highest BCUT2D eigenvalue weighted by atomic mass is 32.2. The van der Waals surface area contributed by atoms with Gasteiger partial charge in [0.2, 0.25) is 5.78 Å². The van der Waals surface area contributed by atoms with Gasteiger partial charge in [0.15, 0.2) is 10.2 Å². The fourth-order valence-corrected chi connectivity index (χ4v) is 3.04. The van der Waals surface area contributed by atoms with E-state index in [4.69, 9.17) is 4.74 Å². The number of esters is 1. The van der Waals surface area contributed by atoms with Gasteiger partial charge in [-0.1, -0.05) is 11.8 Å². The lowest BCUT2D eigenvalue weighted by atomic mass is 10.1. The molecule has 0 saturated heterocycles. The summed E-state index contributed by atoms with van der Waals surface area (Å²) in [7, 11) is 7.11. The van der Waals surface area contributed by atoms with Crippen LogP contribution < -0.4 is 0 Å². The monoisotopic (exact) mass is 370 g/mol. The van der Waals surface area contributed by atoms with E-state index in [-0.39, 0.29) is 12.2 Å². The molecule has 24 heavy (non-hydrogen) atoms. The minimum Gasteiger partial charge on any atom is -0.462 e. The summed E-state index contributed by atoms with van der Waals surface area (Å²) in [5, 5.41) is 0. The molecule has 0 fully saturated rings. The maximum Gasteiger partial charge on any atom is 0.343 e. The Kier molecular flexibility index (Phi) is 7.93. The van der Waals surface area contributed by atoms with Gasteiger partial charge in [-0.25, -0.2) is 14.8 Å². The average molecular weight is 371 g/mol. The van der Waals surface area contributed by atoms with Crippen molar-refractivity contribution in [1.82, 2.24) is 14.8 Å². The third-order valence-electron chi connectivity index (χ3n) is 2.51. The summed E-state index contributed by atoms with van der Waals surface area (Å²) in [6.45, 7) is 1.89. The van der Waals surface area contributed by atoms with Gasteiger partial charge in [-0.3, -0.25) is 4.79 Å². The normalized spacial score (nSPS) is 11.7. The van der Waals surface area contributed by atoms with Gasteiger partial charge in [-0.15, -0.1) is 11.3 Å². The number of nitrogens with zero attached hydrogens (tertiary/aromatic N) is 4. The molecule has 0 bridgehead atoms. The molecule has 1 rings (SSSR count). The topological polar surface area (TPSA) is 75.1 Å². The van der Waals surface area contributed by atoms with E-state index in [0.717, 1.165) is 0 Å². The Morgan fingerprint density at radius 3 is 2.46 bits per heavy atom. The van der Waals surface area contributed by atoms with E-state index in [1.54, 1.807) is 37.2 Å². The molecule has 0 spiro atoms. The number of thiazole rings is 1. The molecule has 0 radical (unpaired) electrons. The number of aliphatic imine (C=N–C) groups is 1. The molecule has 1 aromatic rings. The zero-order valence-electron chi connectivity index (χ0n) is 14.7. The molecule has 0 atom stereocenters. The van der Waals surface area contributed by atoms with Crippen LogP contribution in [0.4, 0.5) is 5.82 Å². The summed E-state index contributed by atoms with van der Waals surface area (Å²) < 4.78 is 5.70. The smallest absolute Gasteiger partial charge is 0.343 e. The maximum atomic E-state index is 12.9. The van der Waals surface area contributed by atoms with E-state index >= 15 is 0 Å². The first-order valence-electron chi connectivity index (χ1n) is 7.15. The van der Waals surface area contributed by atoms with Gasteiger partial charge in [0.1, 0.15) is 10.5 Å². The molecular formula is C15H22N4O3S2. The molecule has 0 aliphatic carbocycles. The third-order valence-corrected chi connectivity index (χ3v) is 4.54. The molecule has 0 unspecified atom stereocenters. The number of Topliss-reactive ketones (excluding diaryl/α,β-unsaturated/α-hetero) is 1. The van der Waals surface area contributed by atoms with Crippen LogP contribution in [0, 0.1) is 0 Å². The number of ether oxygens (including phenoxy) is 1. The molecule has 132 valence electrons. The van der Waals surface area contributed by atoms with E-state index in [1.807, 2.05) is 20.4 Å². The standard InChI is InChI=1S/C15H22N4O3S2/c1-7-22-14(21)10(8-18(2)3)11(20)12-13(16-9-19(4)5)17-15(23-6)24-12/h8-9H,7H2,1-6H3. The zero-order chi connectivity index (χ0) is 18.3. The molecule has 0 aromatic carbocycles. The second-order valence-electron chi connectivity index (χ2n) is 5.10. The van der Waals surface area contributed by atoms with Crippen molar-refractivity contribution in [3.8, 4) is 0 Å². The predicted octanol–water partition coefficient (Wildman–Crippen LogP) is 2.28. The molecule has 9 heteroatoms. The first kappa shape index (κ1) is 20.2. The molecule has 0 saturated carbocycles. The largest absolute Gasteiger partial charge is 0.462 e. The van der Waals surface area contributed by atoms with Gasteiger partial charge in [-0.2, -0.15) is 0 Å². The van der Waals surface area contributed by atoms with Gasteiger partial charge < -0.3 is 14.5 Å². The Balaban J connectivity index is 3.32. The maximum absolute atomic E-state index is 12.9. The summed E-state index contributed by atoms with van der Waals surface area (Å²) in [6, 6.07) is 0. The number of ketones is 1. The van der Waals surface area contributed by atoms with E-state index in [1.165, 1.54) is 29.3 Å². The van der Waals surface area contributed by atoms with Gasteiger partial charge in [0.05, 0.1) is 12.9 Å². The van der Waals surface area contributed by atoms with E-state index in [2.05, 4.69) is 9.98 Å². The molecule has 0 aliphatic heterocycles. The van der Waals surface area contributed by atoms with Crippen molar-refractivity contribution < 1.29 is 14.3 Å². The predicted molar refractivity (Wildman–Crippen MR) is 98.5 cm³/mol. The summed E-state index contributed by atoms with van der Waals surface area (Å²) in [5.41, 5.74) is -0.0422. The number of thioether (sulfide) groups is 1. The van der Waals surface area contributed by atoms with Crippen LogP contribution in [0.5, 0.6) is 0 Å². The Bertz CT molecular complexity index is 651. The SMILES string of the molecule is CCOC(=O)C(=CN(C)C)C(=O)c1sc(SC)nc1N=CN(C)C. The lowest BCUT2D eigenvalue weighted by Gasteiger charge is -2.10. The van der Waals surface area contributed by atoms with Crippen LogP contribution in [0.3, 0.4) is 0 Å². The highest BCUT2D eigenvalue weighted by Crippen LogP contribution is 2.33. The zero-order valence-corrected chi connectivity index (χ0v) is 16.3. The Hall–Kier alpha value is -1.87. The van der Waals surface area contributed by atoms with Crippen molar-refractivity contribution in [2.45, 2.75) is 11.3 Å². The second kappa shape index (κ2) is 9.43. The van der Waals surface area contributed by atoms with Crippen LogP contribution in [0.1, 0.15) is 16.6 Å². The number of carbonyl (C=O) groups excluding carboxylic acids is 2. The Labute approximate surface area is 150 Å². The van der Waals surface area contributed by atoms with E-state index in [9.17, 15) is 9.59 Å². The van der Waals surface area contributed by atoms with Gasteiger partial charge >= 0.3 is 5.97 Å². The average Bonchev–Trinajstić information content (AvgIpc) is 2.93. The summed E-state index contributed by atoms with van der Waals surface area (Å²) >= 11 is 2.63. The van der Waals surface area contributed by atoms with Crippen LogP contribution in [-0.2, 0) is 9.53 Å². The fraction of sp³-hybridized carbons (Fsp3) is 0.467. The number of rotatable bonds is 8. The first-order valence-corrected chi connectivity index (χ1v) is 9.19. The molecule has 0 aliphatic rings. The Morgan fingerprint density at radius 1 is 1.29 bits per heavy atom. The lowest BCUT2D eigenvalue weighted by molar-refractivity contribution is -0.138. The fourth-order valence-electron chi connectivity index (χ4n) is 1.58. The first-order chi connectivity index (χ1) is 11.3. The van der Waals surface area contributed by atoms with Crippen LogP contribution in [0.2, 0.25) is 0 Å². The van der Waals surface area contributed by atoms with Crippen molar-refractivity contribution in [2.24, 2.45) is 4.99 Å². The number of hydrogen-bond donors (Lipinski definition) is 0. The number of aromatic nitrogens is 1. The van der Waals surface area contributed by atoms with Crippen LogP contribution >= 0.6 is 23.1 Å². The molecular weight excluding hydrogens is 348 g/mol. The van der Waals surface area contributed by atoms with Crippen molar-refractivity contribution in [2.75, 3.05) is 41.1 Å². The van der Waals surface area contributed by atoms with Crippen LogP contribution in [0.25, 0.3) is 0 Å². The van der Waals surface area contributed by atoms with Crippen molar-refractivity contribution in [3.05, 3.63) is 16.7 Å². The Morgan fingerprint density at radius 2 is 1.96 bits per heavy atom. The van der Waals surface area contributed by atoms with Crippen molar-refractivity contribution in [3.63, 3.8) is 0 Å². The van der Waals surface area contributed by atoms with E-state index in [0.29, 0.717) is 15.0 Å². The van der Waals surface area contributed by atoms with Crippen molar-refractivity contribution >= 4 is 47.0 Å². The van der Waals surface area contributed by atoms with Crippen molar-refractivity contribution in [1.29, 1.82) is 0 Å². The highest BCUT2D eigenvalue weighted by molar-refractivity contribution is 8.00. The van der Waals surface area contributed by atoms with E-state index < -0.39 is 11.8 Å². The quantitative estimate of drug-likeness (QED) is 0.102. The minimum atomic E-state index is -0.655. The number of carbonyl (C=O) groups is 2. The van der Waals surface area contributed by atoms with Crippen LogP contribution in [0.15, 0.2) is 21.1 Å². The summed E-state index contributed by atoms with van der Waals surface area (Å²) in [6.07, 6.45) is 4.89. The summed E-state index contributed by atoms with van der Waals surface area (Å²) in [5.74, 6) is -0.791. The minimum absolute atomic E-state index is 0.0422. The highest BCUT2D eigenvalue weighted by Gasteiger charge is 2.27. The molecule has 0 N–H and O–H groups in total. The third kappa shape index (κ3) is 5.64. The lowest BCUT2D eigenvalue weighted by Crippen LogP contribution is -2.19. The molecule has 1 heterocycles.